The minimum Gasteiger partial charge on any atom is -0.497 e. The van der Waals surface area contributed by atoms with E-state index in [-0.39, 0.29) is 6.03 Å². The number of urea groups is 1. The predicted molar refractivity (Wildman–Crippen MR) is 98.6 cm³/mol. The molecular weight excluding hydrogens is 332 g/mol. The van der Waals surface area contributed by atoms with Gasteiger partial charge in [-0.1, -0.05) is 12.1 Å². The summed E-state index contributed by atoms with van der Waals surface area (Å²) in [7, 11) is 1.65. The SMILES string of the molecule is COc1cccc(CCNC(=O)Nc2c3c(cc4c2OCC4)OCC3)c1. The van der Waals surface area contributed by atoms with E-state index in [1.807, 2.05) is 30.3 Å². The van der Waals surface area contributed by atoms with Crippen LogP contribution in [0, 0.1) is 0 Å². The van der Waals surface area contributed by atoms with Crippen LogP contribution in [0.4, 0.5) is 10.5 Å². The monoisotopic (exact) mass is 354 g/mol. The van der Waals surface area contributed by atoms with Crippen molar-refractivity contribution >= 4 is 11.7 Å². The summed E-state index contributed by atoms with van der Waals surface area (Å²) in [6.45, 7) is 1.82. The number of hydrogen-bond acceptors (Lipinski definition) is 4. The molecule has 4 rings (SSSR count). The molecular formula is C20H22N2O4. The lowest BCUT2D eigenvalue weighted by Gasteiger charge is -2.14. The molecule has 2 heterocycles. The number of methoxy groups -OCH3 is 1. The Hall–Kier alpha value is -2.89. The summed E-state index contributed by atoms with van der Waals surface area (Å²) >= 11 is 0. The van der Waals surface area contributed by atoms with Crippen molar-refractivity contribution in [3.8, 4) is 17.2 Å². The number of carbonyl (C=O) groups is 1. The molecule has 136 valence electrons. The van der Waals surface area contributed by atoms with Crippen LogP contribution in [0.15, 0.2) is 30.3 Å². The standard InChI is InChI=1S/C20H22N2O4/c1-24-15-4-2-3-13(11-15)5-8-21-20(23)22-18-16-7-10-25-17(16)12-14-6-9-26-19(14)18/h2-4,11-12H,5-10H2,1H3,(H2,21,22,23). The molecule has 0 bridgehead atoms. The first-order valence-electron chi connectivity index (χ1n) is 8.87. The minimum absolute atomic E-state index is 0.231. The van der Waals surface area contributed by atoms with Crippen molar-refractivity contribution in [3.05, 3.63) is 47.0 Å². The number of benzene rings is 2. The van der Waals surface area contributed by atoms with E-state index >= 15 is 0 Å². The van der Waals surface area contributed by atoms with E-state index in [4.69, 9.17) is 14.2 Å². The number of amides is 2. The van der Waals surface area contributed by atoms with Crippen molar-refractivity contribution in [2.45, 2.75) is 19.3 Å². The zero-order valence-electron chi connectivity index (χ0n) is 14.8. The van der Waals surface area contributed by atoms with Gasteiger partial charge in [0.15, 0.2) is 0 Å². The van der Waals surface area contributed by atoms with Crippen molar-refractivity contribution in [1.82, 2.24) is 5.32 Å². The molecule has 2 aliphatic rings. The number of anilines is 1. The zero-order valence-corrected chi connectivity index (χ0v) is 14.8. The number of ether oxygens (including phenoxy) is 3. The maximum absolute atomic E-state index is 12.4. The highest BCUT2D eigenvalue weighted by atomic mass is 16.5. The van der Waals surface area contributed by atoms with E-state index in [0.29, 0.717) is 19.8 Å². The molecule has 0 spiro atoms. The van der Waals surface area contributed by atoms with Crippen molar-refractivity contribution in [2.75, 3.05) is 32.2 Å². The van der Waals surface area contributed by atoms with Gasteiger partial charge in [0.25, 0.3) is 0 Å². The summed E-state index contributed by atoms with van der Waals surface area (Å²) in [4.78, 5) is 12.4. The van der Waals surface area contributed by atoms with Gasteiger partial charge in [-0.2, -0.15) is 0 Å². The number of carbonyl (C=O) groups excluding carboxylic acids is 1. The molecule has 0 aliphatic carbocycles. The molecule has 0 fully saturated rings. The van der Waals surface area contributed by atoms with Gasteiger partial charge in [0.2, 0.25) is 0 Å². The number of fused-ring (bicyclic) bond motifs is 2. The van der Waals surface area contributed by atoms with Crippen LogP contribution >= 0.6 is 0 Å². The Bertz CT molecular complexity index is 803. The average Bonchev–Trinajstić information content (AvgIpc) is 3.31. The lowest BCUT2D eigenvalue weighted by atomic mass is 10.0. The minimum atomic E-state index is -0.231. The van der Waals surface area contributed by atoms with Crippen molar-refractivity contribution in [2.24, 2.45) is 0 Å². The Labute approximate surface area is 152 Å². The molecule has 0 unspecified atom stereocenters. The molecule has 6 nitrogen and oxygen atoms in total. The first-order chi connectivity index (χ1) is 12.7. The van der Waals surface area contributed by atoms with Crippen LogP contribution < -0.4 is 24.8 Å². The van der Waals surface area contributed by atoms with E-state index in [2.05, 4.69) is 10.6 Å². The van der Waals surface area contributed by atoms with Crippen LogP contribution in [0.25, 0.3) is 0 Å². The second kappa shape index (κ2) is 7.15. The number of rotatable bonds is 5. The average molecular weight is 354 g/mol. The van der Waals surface area contributed by atoms with Gasteiger partial charge in [0.1, 0.15) is 17.2 Å². The third-order valence-corrected chi connectivity index (χ3v) is 4.72. The first kappa shape index (κ1) is 16.6. The lowest BCUT2D eigenvalue weighted by molar-refractivity contribution is 0.252. The Morgan fingerprint density at radius 2 is 2.08 bits per heavy atom. The molecule has 0 radical (unpaired) electrons. The van der Waals surface area contributed by atoms with Crippen molar-refractivity contribution < 1.29 is 19.0 Å². The maximum Gasteiger partial charge on any atom is 0.319 e. The second-order valence-electron chi connectivity index (χ2n) is 6.40. The van der Waals surface area contributed by atoms with Crippen LogP contribution in [0.1, 0.15) is 16.7 Å². The maximum atomic E-state index is 12.4. The predicted octanol–water partition coefficient (Wildman–Crippen LogP) is 2.93. The summed E-state index contributed by atoms with van der Waals surface area (Å²) in [5.41, 5.74) is 3.99. The molecule has 2 aliphatic heterocycles. The third-order valence-electron chi connectivity index (χ3n) is 4.72. The smallest absolute Gasteiger partial charge is 0.319 e. The number of hydrogen-bond donors (Lipinski definition) is 2. The molecule has 6 heteroatoms. The normalized spacial score (nSPS) is 14.0. The van der Waals surface area contributed by atoms with E-state index in [9.17, 15) is 4.79 Å². The van der Waals surface area contributed by atoms with E-state index in [0.717, 1.165) is 58.9 Å². The highest BCUT2D eigenvalue weighted by Gasteiger charge is 2.27. The fourth-order valence-electron chi connectivity index (χ4n) is 3.42. The molecule has 2 aromatic carbocycles. The van der Waals surface area contributed by atoms with E-state index in [1.54, 1.807) is 7.11 Å². The Morgan fingerprint density at radius 1 is 1.19 bits per heavy atom. The van der Waals surface area contributed by atoms with Crippen LogP contribution in [-0.2, 0) is 19.3 Å². The molecule has 0 saturated carbocycles. The van der Waals surface area contributed by atoms with E-state index in [1.165, 1.54) is 0 Å². The van der Waals surface area contributed by atoms with Gasteiger partial charge in [-0.05, 0) is 30.2 Å². The Morgan fingerprint density at radius 3 is 2.96 bits per heavy atom. The van der Waals surface area contributed by atoms with E-state index < -0.39 is 0 Å². The van der Waals surface area contributed by atoms with Gasteiger partial charge in [-0.15, -0.1) is 0 Å². The van der Waals surface area contributed by atoms with Gasteiger partial charge in [-0.25, -0.2) is 4.79 Å². The van der Waals surface area contributed by atoms with Gasteiger partial charge in [0, 0.05) is 30.5 Å². The molecule has 0 saturated heterocycles. The first-order valence-corrected chi connectivity index (χ1v) is 8.87. The van der Waals surface area contributed by atoms with Crippen LogP contribution in [-0.4, -0.2) is 32.9 Å². The molecule has 2 aromatic rings. The van der Waals surface area contributed by atoms with Crippen LogP contribution in [0.3, 0.4) is 0 Å². The summed E-state index contributed by atoms with van der Waals surface area (Å²) in [5, 5.41) is 5.88. The van der Waals surface area contributed by atoms with Crippen molar-refractivity contribution in [1.29, 1.82) is 0 Å². The second-order valence-corrected chi connectivity index (χ2v) is 6.40. The zero-order chi connectivity index (χ0) is 17.9. The number of nitrogens with one attached hydrogen (secondary N) is 2. The highest BCUT2D eigenvalue weighted by molar-refractivity contribution is 5.93. The van der Waals surface area contributed by atoms with Gasteiger partial charge >= 0.3 is 6.03 Å². The summed E-state index contributed by atoms with van der Waals surface area (Å²) < 4.78 is 16.6. The summed E-state index contributed by atoms with van der Waals surface area (Å²) in [6.07, 6.45) is 2.36. The molecule has 2 amide bonds. The van der Waals surface area contributed by atoms with Gasteiger partial charge < -0.3 is 24.8 Å². The molecule has 0 atom stereocenters. The fraction of sp³-hybridized carbons (Fsp3) is 0.350. The Balaban J connectivity index is 1.40. The summed E-state index contributed by atoms with van der Waals surface area (Å²) in [6, 6.07) is 9.65. The topological polar surface area (TPSA) is 68.8 Å². The van der Waals surface area contributed by atoms with Gasteiger partial charge in [0.05, 0.1) is 26.0 Å². The van der Waals surface area contributed by atoms with Gasteiger partial charge in [-0.3, -0.25) is 0 Å². The van der Waals surface area contributed by atoms with Crippen LogP contribution in [0.5, 0.6) is 17.2 Å². The molecule has 0 aromatic heterocycles. The van der Waals surface area contributed by atoms with Crippen LogP contribution in [0.2, 0.25) is 0 Å². The quantitative estimate of drug-likeness (QED) is 0.866. The Kier molecular flexibility index (Phi) is 4.56. The third kappa shape index (κ3) is 3.27. The molecule has 2 N–H and O–H groups in total. The highest BCUT2D eigenvalue weighted by Crippen LogP contribution is 2.44. The molecule has 26 heavy (non-hydrogen) atoms. The van der Waals surface area contributed by atoms with Crippen molar-refractivity contribution in [3.63, 3.8) is 0 Å². The largest absolute Gasteiger partial charge is 0.497 e. The lowest BCUT2D eigenvalue weighted by Crippen LogP contribution is -2.31. The summed E-state index contributed by atoms with van der Waals surface area (Å²) in [5.74, 6) is 2.47. The fourth-order valence-corrected chi connectivity index (χ4v) is 3.42.